The van der Waals surface area contributed by atoms with Crippen LogP contribution >= 0.6 is 0 Å². The minimum atomic E-state index is 0.510. The van der Waals surface area contributed by atoms with Gasteiger partial charge in [0.1, 0.15) is 0 Å². The van der Waals surface area contributed by atoms with Gasteiger partial charge in [0.15, 0.2) is 0 Å². The van der Waals surface area contributed by atoms with Crippen LogP contribution in [0.25, 0.3) is 0 Å². The highest BCUT2D eigenvalue weighted by Gasteiger charge is 2.43. The van der Waals surface area contributed by atoms with Crippen LogP contribution < -0.4 is 0 Å². The predicted molar refractivity (Wildman–Crippen MR) is 88.8 cm³/mol. The number of nitrogens with zero attached hydrogens (tertiary/aromatic N) is 2. The molecule has 2 aliphatic rings. The molecule has 0 unspecified atom stereocenters. The van der Waals surface area contributed by atoms with Crippen molar-refractivity contribution in [3.05, 3.63) is 0 Å². The third kappa shape index (κ3) is 5.11. The summed E-state index contributed by atoms with van der Waals surface area (Å²) >= 11 is 0. The number of hydrogen-bond donors (Lipinski definition) is 0. The van der Waals surface area contributed by atoms with Gasteiger partial charge in [0.25, 0.3) is 0 Å². The Hall–Kier alpha value is -0.520. The lowest BCUT2D eigenvalue weighted by molar-refractivity contribution is -0.0438. The van der Waals surface area contributed by atoms with Crippen molar-refractivity contribution in [2.75, 3.05) is 39.3 Å². The van der Waals surface area contributed by atoms with E-state index in [4.69, 9.17) is 0 Å². The molecule has 116 valence electrons. The second kappa shape index (κ2) is 8.70. The van der Waals surface area contributed by atoms with Crippen molar-refractivity contribution in [2.45, 2.75) is 53.9 Å². The molecule has 2 saturated heterocycles. The van der Waals surface area contributed by atoms with Crippen molar-refractivity contribution in [1.82, 2.24) is 9.80 Å². The molecule has 2 fully saturated rings. The SMILES string of the molecule is CC.CCCN1CC2(CCN(CC#CC(C)C)CC2)C1. The fraction of sp³-hybridized carbons (Fsp3) is 0.889. The summed E-state index contributed by atoms with van der Waals surface area (Å²) in [5.41, 5.74) is 0.678. The minimum Gasteiger partial charge on any atom is -0.302 e. The molecule has 2 aliphatic heterocycles. The summed E-state index contributed by atoms with van der Waals surface area (Å²) in [5.74, 6) is 7.09. The van der Waals surface area contributed by atoms with Gasteiger partial charge in [-0.2, -0.15) is 0 Å². The van der Waals surface area contributed by atoms with Crippen molar-refractivity contribution in [3.63, 3.8) is 0 Å². The van der Waals surface area contributed by atoms with E-state index in [1.807, 2.05) is 13.8 Å². The Bertz CT molecular complexity index is 308. The van der Waals surface area contributed by atoms with Crippen molar-refractivity contribution in [2.24, 2.45) is 11.3 Å². The van der Waals surface area contributed by atoms with Crippen LogP contribution in [0.15, 0.2) is 0 Å². The molecule has 20 heavy (non-hydrogen) atoms. The van der Waals surface area contributed by atoms with Crippen LogP contribution in [0.1, 0.15) is 53.9 Å². The van der Waals surface area contributed by atoms with Gasteiger partial charge < -0.3 is 4.90 Å². The maximum atomic E-state index is 3.31. The first-order valence-electron chi connectivity index (χ1n) is 8.57. The predicted octanol–water partition coefficient (Wildman–Crippen LogP) is 3.48. The summed E-state index contributed by atoms with van der Waals surface area (Å²) in [4.78, 5) is 5.15. The fourth-order valence-corrected chi connectivity index (χ4v) is 3.24. The van der Waals surface area contributed by atoms with Gasteiger partial charge in [0.05, 0.1) is 6.54 Å². The minimum absolute atomic E-state index is 0.510. The van der Waals surface area contributed by atoms with E-state index in [-0.39, 0.29) is 0 Å². The van der Waals surface area contributed by atoms with Gasteiger partial charge in [-0.3, -0.25) is 4.90 Å². The van der Waals surface area contributed by atoms with Crippen molar-refractivity contribution in [1.29, 1.82) is 0 Å². The summed E-state index contributed by atoms with van der Waals surface area (Å²) in [6.45, 7) is 18.1. The standard InChI is InChI=1S/C16H28N2.C2H6/c1-4-9-18-13-16(14-18)7-11-17(12-8-16)10-5-6-15(2)3;1-2/h15H,4,7-14H2,1-3H3;1-2H3. The van der Waals surface area contributed by atoms with E-state index in [9.17, 15) is 0 Å². The first-order valence-corrected chi connectivity index (χ1v) is 8.57. The summed E-state index contributed by atoms with van der Waals surface area (Å²) in [5, 5.41) is 0. The van der Waals surface area contributed by atoms with Crippen molar-refractivity contribution >= 4 is 0 Å². The highest BCUT2D eigenvalue weighted by atomic mass is 15.2. The monoisotopic (exact) mass is 278 g/mol. The molecule has 0 aromatic rings. The Balaban J connectivity index is 0.000000956. The summed E-state index contributed by atoms with van der Waals surface area (Å²) in [6.07, 6.45) is 4.07. The zero-order valence-corrected chi connectivity index (χ0v) is 14.3. The van der Waals surface area contributed by atoms with Crippen LogP contribution in [-0.2, 0) is 0 Å². The molecule has 0 amide bonds. The van der Waals surface area contributed by atoms with Crippen LogP contribution in [0.2, 0.25) is 0 Å². The van der Waals surface area contributed by atoms with Gasteiger partial charge in [0.2, 0.25) is 0 Å². The van der Waals surface area contributed by atoms with Crippen LogP contribution in [0.3, 0.4) is 0 Å². The average Bonchev–Trinajstić information content (AvgIpc) is 2.41. The van der Waals surface area contributed by atoms with Gasteiger partial charge in [-0.25, -0.2) is 0 Å². The zero-order valence-electron chi connectivity index (χ0n) is 14.3. The lowest BCUT2D eigenvalue weighted by Crippen LogP contribution is -2.60. The van der Waals surface area contributed by atoms with Crippen molar-refractivity contribution in [3.8, 4) is 11.8 Å². The topological polar surface area (TPSA) is 6.48 Å². The second-order valence-corrected chi connectivity index (χ2v) is 6.46. The molecule has 0 saturated carbocycles. The number of likely N-dealkylation sites (tertiary alicyclic amines) is 2. The highest BCUT2D eigenvalue weighted by Crippen LogP contribution is 2.40. The third-order valence-corrected chi connectivity index (χ3v) is 4.27. The second-order valence-electron chi connectivity index (χ2n) is 6.46. The van der Waals surface area contributed by atoms with Crippen LogP contribution in [0.5, 0.6) is 0 Å². The van der Waals surface area contributed by atoms with E-state index in [1.54, 1.807) is 0 Å². The quantitative estimate of drug-likeness (QED) is 0.729. The van der Waals surface area contributed by atoms with Crippen LogP contribution in [0, 0.1) is 23.2 Å². The zero-order chi connectivity index (χ0) is 15.0. The summed E-state index contributed by atoms with van der Waals surface area (Å²) in [6, 6.07) is 0. The van der Waals surface area contributed by atoms with Crippen LogP contribution in [0.4, 0.5) is 0 Å². The first kappa shape index (κ1) is 17.5. The summed E-state index contributed by atoms with van der Waals surface area (Å²) in [7, 11) is 0. The molecule has 2 heterocycles. The van der Waals surface area contributed by atoms with E-state index in [1.165, 1.54) is 52.0 Å². The maximum absolute atomic E-state index is 3.31. The van der Waals surface area contributed by atoms with E-state index >= 15 is 0 Å². The Morgan fingerprint density at radius 1 is 1.05 bits per heavy atom. The fourth-order valence-electron chi connectivity index (χ4n) is 3.24. The Labute approximate surface area is 126 Å². The molecule has 2 heteroatoms. The normalized spacial score (nSPS) is 21.7. The molecule has 0 aromatic heterocycles. The number of hydrogen-bond acceptors (Lipinski definition) is 2. The first-order chi connectivity index (χ1) is 9.63. The molecule has 0 aliphatic carbocycles. The van der Waals surface area contributed by atoms with Crippen molar-refractivity contribution < 1.29 is 0 Å². The Morgan fingerprint density at radius 3 is 2.15 bits per heavy atom. The molecule has 2 rings (SSSR count). The Kier molecular flexibility index (Phi) is 7.62. The van der Waals surface area contributed by atoms with Gasteiger partial charge in [-0.1, -0.05) is 46.5 Å². The molecular formula is C18H34N2. The third-order valence-electron chi connectivity index (χ3n) is 4.27. The molecule has 0 bridgehead atoms. The van der Waals surface area contributed by atoms with Crippen LogP contribution in [-0.4, -0.2) is 49.1 Å². The lowest BCUT2D eigenvalue weighted by atomic mass is 9.72. The van der Waals surface area contributed by atoms with Gasteiger partial charge in [-0.15, -0.1) is 0 Å². The van der Waals surface area contributed by atoms with E-state index in [2.05, 4.69) is 42.4 Å². The molecule has 0 aromatic carbocycles. The number of rotatable bonds is 3. The maximum Gasteiger partial charge on any atom is 0.0601 e. The molecule has 0 atom stereocenters. The van der Waals surface area contributed by atoms with E-state index in [0.29, 0.717) is 11.3 Å². The van der Waals surface area contributed by atoms with E-state index < -0.39 is 0 Å². The molecule has 0 N–H and O–H groups in total. The lowest BCUT2D eigenvalue weighted by Gasteiger charge is -2.54. The van der Waals surface area contributed by atoms with E-state index in [0.717, 1.165) is 6.54 Å². The largest absolute Gasteiger partial charge is 0.302 e. The molecule has 2 nitrogen and oxygen atoms in total. The highest BCUT2D eigenvalue weighted by molar-refractivity contribution is 5.05. The van der Waals surface area contributed by atoms with Gasteiger partial charge >= 0.3 is 0 Å². The van der Waals surface area contributed by atoms with Gasteiger partial charge in [0, 0.05) is 19.0 Å². The molecular weight excluding hydrogens is 244 g/mol. The smallest absolute Gasteiger partial charge is 0.0601 e. The average molecular weight is 278 g/mol. The van der Waals surface area contributed by atoms with Gasteiger partial charge in [-0.05, 0) is 44.3 Å². The summed E-state index contributed by atoms with van der Waals surface area (Å²) < 4.78 is 0. The molecule has 0 radical (unpaired) electrons. The Morgan fingerprint density at radius 2 is 1.65 bits per heavy atom. The molecule has 1 spiro atoms. The number of piperidine rings is 1.